The molecule has 2 heterocycles. The molecule has 8 heteroatoms. The van der Waals surface area contributed by atoms with Gasteiger partial charge in [-0.1, -0.05) is 34.4 Å². The summed E-state index contributed by atoms with van der Waals surface area (Å²) in [5.41, 5.74) is 1.45. The third-order valence-electron chi connectivity index (χ3n) is 4.66. The normalized spacial score (nSPS) is 15.0. The molecule has 28 heavy (non-hydrogen) atoms. The minimum Gasteiger partial charge on any atom is -0.336 e. The smallest absolute Gasteiger partial charge is 0.258 e. The van der Waals surface area contributed by atoms with Crippen molar-refractivity contribution in [3.63, 3.8) is 0 Å². The number of piperazine rings is 1. The maximum absolute atomic E-state index is 12.6. The lowest BCUT2D eigenvalue weighted by Crippen LogP contribution is -2.48. The summed E-state index contributed by atoms with van der Waals surface area (Å²) in [5, 5.41) is 5.31. The fourth-order valence-electron chi connectivity index (χ4n) is 3.14. The van der Waals surface area contributed by atoms with Crippen LogP contribution in [0, 0.1) is 0 Å². The van der Waals surface area contributed by atoms with E-state index in [0.717, 1.165) is 18.7 Å². The molecule has 0 saturated carbocycles. The molecule has 0 unspecified atom stereocenters. The molecule has 144 valence electrons. The predicted molar refractivity (Wildman–Crippen MR) is 107 cm³/mol. The van der Waals surface area contributed by atoms with Gasteiger partial charge in [-0.15, -0.1) is 0 Å². The van der Waals surface area contributed by atoms with E-state index >= 15 is 0 Å². The van der Waals surface area contributed by atoms with E-state index in [-0.39, 0.29) is 5.91 Å². The number of carbonyl (C=O) groups is 1. The van der Waals surface area contributed by atoms with Crippen molar-refractivity contribution >= 4 is 29.1 Å². The Kier molecular flexibility index (Phi) is 5.62. The standard InChI is InChI=1S/C20H18Cl2N4O2/c21-16-6-4-14(5-7-16)20(27)26-10-8-25(9-11-26)13-18-23-19(28-24-18)15-2-1-3-17(22)12-15/h1-7,12H,8-11,13H2. The van der Waals surface area contributed by atoms with Crippen molar-refractivity contribution in [1.29, 1.82) is 0 Å². The zero-order valence-corrected chi connectivity index (χ0v) is 16.5. The molecular formula is C20H18Cl2N4O2. The lowest BCUT2D eigenvalue weighted by atomic mass is 10.2. The van der Waals surface area contributed by atoms with Crippen molar-refractivity contribution in [2.75, 3.05) is 26.2 Å². The second-order valence-electron chi connectivity index (χ2n) is 6.60. The number of benzene rings is 2. The summed E-state index contributed by atoms with van der Waals surface area (Å²) in [4.78, 5) is 21.1. The van der Waals surface area contributed by atoms with Gasteiger partial charge < -0.3 is 9.42 Å². The van der Waals surface area contributed by atoms with Crippen molar-refractivity contribution in [3.8, 4) is 11.5 Å². The highest BCUT2D eigenvalue weighted by Gasteiger charge is 2.23. The number of hydrogen-bond acceptors (Lipinski definition) is 5. The molecule has 1 aromatic heterocycles. The number of amides is 1. The Bertz CT molecular complexity index is 966. The second-order valence-corrected chi connectivity index (χ2v) is 7.47. The van der Waals surface area contributed by atoms with Gasteiger partial charge in [0.1, 0.15) is 0 Å². The van der Waals surface area contributed by atoms with Gasteiger partial charge in [0.15, 0.2) is 5.82 Å². The van der Waals surface area contributed by atoms with Gasteiger partial charge in [-0.3, -0.25) is 9.69 Å². The molecular weight excluding hydrogens is 399 g/mol. The quantitative estimate of drug-likeness (QED) is 0.642. The molecule has 3 aromatic rings. The number of rotatable bonds is 4. The van der Waals surface area contributed by atoms with Crippen molar-refractivity contribution in [2.24, 2.45) is 0 Å². The Balaban J connectivity index is 1.33. The number of halogens is 2. The first-order chi connectivity index (χ1) is 13.6. The number of aromatic nitrogens is 2. The van der Waals surface area contributed by atoms with E-state index in [1.165, 1.54) is 0 Å². The monoisotopic (exact) mass is 416 g/mol. The molecule has 2 aromatic carbocycles. The van der Waals surface area contributed by atoms with E-state index in [1.54, 1.807) is 36.4 Å². The van der Waals surface area contributed by atoms with Gasteiger partial charge in [-0.05, 0) is 42.5 Å². The lowest BCUT2D eigenvalue weighted by Gasteiger charge is -2.34. The van der Waals surface area contributed by atoms with Crippen LogP contribution in [0.5, 0.6) is 0 Å². The third kappa shape index (κ3) is 4.35. The van der Waals surface area contributed by atoms with Gasteiger partial charge >= 0.3 is 0 Å². The van der Waals surface area contributed by atoms with Crippen LogP contribution >= 0.6 is 23.2 Å². The van der Waals surface area contributed by atoms with Crippen LogP contribution in [0.3, 0.4) is 0 Å². The van der Waals surface area contributed by atoms with Gasteiger partial charge in [-0.25, -0.2) is 0 Å². The number of hydrogen-bond donors (Lipinski definition) is 0. The molecule has 4 rings (SSSR count). The van der Waals surface area contributed by atoms with Gasteiger partial charge in [-0.2, -0.15) is 4.98 Å². The minimum absolute atomic E-state index is 0.0270. The Hall–Kier alpha value is -2.41. The van der Waals surface area contributed by atoms with Crippen molar-refractivity contribution in [3.05, 3.63) is 70.0 Å². The Morgan fingerprint density at radius 3 is 2.46 bits per heavy atom. The van der Waals surface area contributed by atoms with Crippen LogP contribution in [0.15, 0.2) is 53.1 Å². The average molecular weight is 417 g/mol. The molecule has 0 bridgehead atoms. The largest absolute Gasteiger partial charge is 0.336 e. The second kappa shape index (κ2) is 8.31. The van der Waals surface area contributed by atoms with Gasteiger partial charge in [0, 0.05) is 47.4 Å². The highest BCUT2D eigenvalue weighted by molar-refractivity contribution is 6.31. The van der Waals surface area contributed by atoms with Crippen LogP contribution in [0.25, 0.3) is 11.5 Å². The summed E-state index contributed by atoms with van der Waals surface area (Å²) in [6, 6.07) is 14.3. The summed E-state index contributed by atoms with van der Waals surface area (Å²) >= 11 is 11.9. The number of carbonyl (C=O) groups excluding carboxylic acids is 1. The Labute approximate surface area is 172 Å². The van der Waals surface area contributed by atoms with E-state index in [2.05, 4.69) is 15.0 Å². The molecule has 6 nitrogen and oxygen atoms in total. The SMILES string of the molecule is O=C(c1ccc(Cl)cc1)N1CCN(Cc2noc(-c3cccc(Cl)c3)n2)CC1. The van der Waals surface area contributed by atoms with E-state index in [4.69, 9.17) is 27.7 Å². The fourth-order valence-corrected chi connectivity index (χ4v) is 3.46. The first kappa shape index (κ1) is 18.9. The van der Waals surface area contributed by atoms with Gasteiger partial charge in [0.05, 0.1) is 6.54 Å². The van der Waals surface area contributed by atoms with Crippen LogP contribution in [0.2, 0.25) is 10.0 Å². The molecule has 0 atom stereocenters. The summed E-state index contributed by atoms with van der Waals surface area (Å²) in [6.45, 7) is 3.38. The van der Waals surface area contributed by atoms with Crippen molar-refractivity contribution in [2.45, 2.75) is 6.54 Å². The van der Waals surface area contributed by atoms with E-state index < -0.39 is 0 Å². The van der Waals surface area contributed by atoms with Crippen molar-refractivity contribution < 1.29 is 9.32 Å². The van der Waals surface area contributed by atoms with Gasteiger partial charge in [0.25, 0.3) is 11.8 Å². The first-order valence-corrected chi connectivity index (χ1v) is 9.70. The topological polar surface area (TPSA) is 62.5 Å². The summed E-state index contributed by atoms with van der Waals surface area (Å²) in [7, 11) is 0. The van der Waals surface area contributed by atoms with Crippen molar-refractivity contribution in [1.82, 2.24) is 19.9 Å². The highest BCUT2D eigenvalue weighted by Crippen LogP contribution is 2.21. The zero-order valence-electron chi connectivity index (χ0n) is 15.0. The van der Waals surface area contributed by atoms with E-state index in [1.807, 2.05) is 17.0 Å². The maximum atomic E-state index is 12.6. The summed E-state index contributed by atoms with van der Waals surface area (Å²) in [5.74, 6) is 1.10. The van der Waals surface area contributed by atoms with Gasteiger partial charge in [0.2, 0.25) is 0 Å². The third-order valence-corrected chi connectivity index (χ3v) is 5.14. The lowest BCUT2D eigenvalue weighted by molar-refractivity contribution is 0.0624. The molecule has 0 aliphatic carbocycles. The van der Waals surface area contributed by atoms with Crippen LogP contribution < -0.4 is 0 Å². The molecule has 1 aliphatic rings. The minimum atomic E-state index is 0.0270. The molecule has 1 saturated heterocycles. The Morgan fingerprint density at radius 1 is 1.00 bits per heavy atom. The fraction of sp³-hybridized carbons (Fsp3) is 0.250. The van der Waals surface area contributed by atoms with Crippen LogP contribution in [0.1, 0.15) is 16.2 Å². The van der Waals surface area contributed by atoms with Crippen LogP contribution in [0.4, 0.5) is 0 Å². The molecule has 1 amide bonds. The first-order valence-electron chi connectivity index (χ1n) is 8.94. The molecule has 0 spiro atoms. The predicted octanol–water partition coefficient (Wildman–Crippen LogP) is 4.00. The molecule has 0 N–H and O–H groups in total. The number of nitrogens with zero attached hydrogens (tertiary/aromatic N) is 4. The average Bonchev–Trinajstić information content (AvgIpc) is 3.17. The molecule has 0 radical (unpaired) electrons. The summed E-state index contributed by atoms with van der Waals surface area (Å²) in [6.07, 6.45) is 0. The van der Waals surface area contributed by atoms with E-state index in [9.17, 15) is 4.79 Å². The maximum Gasteiger partial charge on any atom is 0.258 e. The highest BCUT2D eigenvalue weighted by atomic mass is 35.5. The summed E-state index contributed by atoms with van der Waals surface area (Å²) < 4.78 is 5.35. The molecule has 1 fully saturated rings. The van der Waals surface area contributed by atoms with E-state index in [0.29, 0.717) is 47.0 Å². The molecule has 1 aliphatic heterocycles. The van der Waals surface area contributed by atoms with Crippen LogP contribution in [-0.2, 0) is 6.54 Å². The zero-order chi connectivity index (χ0) is 19.5. The van der Waals surface area contributed by atoms with Crippen LogP contribution in [-0.4, -0.2) is 52.0 Å². The Morgan fingerprint density at radius 2 is 1.75 bits per heavy atom.